The third-order valence-corrected chi connectivity index (χ3v) is 3.83. The van der Waals surface area contributed by atoms with Crippen molar-refractivity contribution in [3.63, 3.8) is 0 Å². The minimum atomic E-state index is 0.290. The van der Waals surface area contributed by atoms with E-state index in [9.17, 15) is 0 Å². The Morgan fingerprint density at radius 2 is 2.00 bits per heavy atom. The molecule has 0 amide bonds. The van der Waals surface area contributed by atoms with Crippen molar-refractivity contribution in [1.29, 1.82) is 0 Å². The minimum Gasteiger partial charge on any atom is -0.261 e. The van der Waals surface area contributed by atoms with E-state index >= 15 is 0 Å². The van der Waals surface area contributed by atoms with E-state index < -0.39 is 0 Å². The van der Waals surface area contributed by atoms with Gasteiger partial charge in [0.2, 0.25) is 0 Å². The van der Waals surface area contributed by atoms with Gasteiger partial charge in [-0.25, -0.2) is 15.0 Å². The highest BCUT2D eigenvalue weighted by atomic mass is 127. The molecule has 0 aliphatic carbocycles. The van der Waals surface area contributed by atoms with Crippen molar-refractivity contribution < 1.29 is 0 Å². The number of halogens is 2. The third-order valence-electron chi connectivity index (χ3n) is 2.18. The van der Waals surface area contributed by atoms with Crippen LogP contribution in [-0.4, -0.2) is 19.9 Å². The molecule has 0 fully saturated rings. The second kappa shape index (κ2) is 5.22. The summed E-state index contributed by atoms with van der Waals surface area (Å²) in [6.45, 7) is 4.14. The highest BCUT2D eigenvalue weighted by molar-refractivity contribution is 14.1. The quantitative estimate of drug-likeness (QED) is 0.609. The van der Waals surface area contributed by atoms with Crippen LogP contribution in [0.2, 0.25) is 5.15 Å². The smallest absolute Gasteiger partial charge is 0.181 e. The van der Waals surface area contributed by atoms with E-state index in [4.69, 9.17) is 11.6 Å². The van der Waals surface area contributed by atoms with Crippen LogP contribution < -0.4 is 0 Å². The molecule has 0 unspecified atom stereocenters. The van der Waals surface area contributed by atoms with Crippen molar-refractivity contribution in [1.82, 2.24) is 19.9 Å². The van der Waals surface area contributed by atoms with Crippen molar-refractivity contribution in [3.8, 4) is 11.5 Å². The molecular formula is C11H10ClIN4. The van der Waals surface area contributed by atoms with E-state index in [0.29, 0.717) is 16.7 Å². The first-order valence-corrected chi connectivity index (χ1v) is 6.54. The first-order chi connectivity index (χ1) is 8.09. The lowest BCUT2D eigenvalue weighted by Crippen LogP contribution is -2.03. The van der Waals surface area contributed by atoms with E-state index in [2.05, 4.69) is 56.4 Å². The molecule has 0 aliphatic rings. The van der Waals surface area contributed by atoms with E-state index in [0.717, 1.165) is 9.26 Å². The van der Waals surface area contributed by atoms with Gasteiger partial charge in [-0.2, -0.15) is 0 Å². The lowest BCUT2D eigenvalue weighted by molar-refractivity contribution is 0.807. The number of rotatable bonds is 2. The summed E-state index contributed by atoms with van der Waals surface area (Å²) >= 11 is 8.27. The molecule has 2 rings (SSSR count). The van der Waals surface area contributed by atoms with Crippen molar-refractivity contribution in [2.45, 2.75) is 19.8 Å². The molecule has 17 heavy (non-hydrogen) atoms. The van der Waals surface area contributed by atoms with Crippen LogP contribution in [-0.2, 0) is 0 Å². The summed E-state index contributed by atoms with van der Waals surface area (Å²) < 4.78 is 0.895. The number of nitrogens with zero attached hydrogens (tertiary/aromatic N) is 4. The summed E-state index contributed by atoms with van der Waals surface area (Å²) in [4.78, 5) is 16.9. The average molecular weight is 361 g/mol. The topological polar surface area (TPSA) is 51.6 Å². The fourth-order valence-corrected chi connectivity index (χ4v) is 2.39. The van der Waals surface area contributed by atoms with Crippen LogP contribution >= 0.6 is 34.2 Å². The van der Waals surface area contributed by atoms with E-state index in [-0.39, 0.29) is 5.92 Å². The van der Waals surface area contributed by atoms with Crippen molar-refractivity contribution in [3.05, 3.63) is 33.0 Å². The summed E-state index contributed by atoms with van der Waals surface area (Å²) in [7, 11) is 0. The van der Waals surface area contributed by atoms with Gasteiger partial charge in [0.1, 0.15) is 10.8 Å². The summed E-state index contributed by atoms with van der Waals surface area (Å²) in [5.74, 6) is 0.810. The zero-order chi connectivity index (χ0) is 12.4. The van der Waals surface area contributed by atoms with Gasteiger partial charge in [0.25, 0.3) is 0 Å². The monoisotopic (exact) mass is 360 g/mol. The summed E-state index contributed by atoms with van der Waals surface area (Å²) in [5, 5.41) is 0.463. The van der Waals surface area contributed by atoms with Crippen LogP contribution in [0.3, 0.4) is 0 Å². The van der Waals surface area contributed by atoms with Crippen molar-refractivity contribution >= 4 is 34.2 Å². The second-order valence-corrected chi connectivity index (χ2v) is 5.22. The van der Waals surface area contributed by atoms with Gasteiger partial charge in [-0.1, -0.05) is 25.4 Å². The molecule has 2 aromatic rings. The van der Waals surface area contributed by atoms with Crippen LogP contribution in [0.4, 0.5) is 0 Å². The van der Waals surface area contributed by atoms with E-state index in [1.54, 1.807) is 18.6 Å². The summed E-state index contributed by atoms with van der Waals surface area (Å²) in [6.07, 6.45) is 4.85. The molecule has 0 N–H and O–H groups in total. The molecule has 2 heterocycles. The highest BCUT2D eigenvalue weighted by Gasteiger charge is 2.15. The maximum Gasteiger partial charge on any atom is 0.181 e. The van der Waals surface area contributed by atoms with E-state index in [1.807, 2.05) is 0 Å². The fraction of sp³-hybridized carbons (Fsp3) is 0.273. The Bertz CT molecular complexity index is 530. The molecule has 4 nitrogen and oxygen atoms in total. The third kappa shape index (κ3) is 2.71. The maximum absolute atomic E-state index is 6.11. The molecule has 0 spiro atoms. The lowest BCUT2D eigenvalue weighted by atomic mass is 10.1. The Kier molecular flexibility index (Phi) is 3.88. The molecule has 0 radical (unpaired) electrons. The SMILES string of the molecule is CC(C)c1nc(-c2cnccn2)nc(Cl)c1I. The Labute approximate surface area is 118 Å². The van der Waals surface area contributed by atoms with Gasteiger partial charge in [-0.05, 0) is 28.5 Å². The van der Waals surface area contributed by atoms with Gasteiger partial charge >= 0.3 is 0 Å². The number of hydrogen-bond acceptors (Lipinski definition) is 4. The van der Waals surface area contributed by atoms with Gasteiger partial charge < -0.3 is 0 Å². The molecule has 88 valence electrons. The molecule has 0 bridgehead atoms. The van der Waals surface area contributed by atoms with Crippen LogP contribution in [0.25, 0.3) is 11.5 Å². The van der Waals surface area contributed by atoms with Crippen molar-refractivity contribution in [2.24, 2.45) is 0 Å². The molecular weight excluding hydrogens is 351 g/mol. The maximum atomic E-state index is 6.11. The molecule has 0 aliphatic heterocycles. The molecule has 2 aromatic heterocycles. The van der Waals surface area contributed by atoms with Gasteiger partial charge in [-0.3, -0.25) is 4.98 Å². The molecule has 6 heteroatoms. The van der Waals surface area contributed by atoms with Gasteiger partial charge in [-0.15, -0.1) is 0 Å². The summed E-state index contributed by atoms with van der Waals surface area (Å²) in [5.41, 5.74) is 1.57. The molecule has 0 saturated carbocycles. The highest BCUT2D eigenvalue weighted by Crippen LogP contribution is 2.27. The predicted octanol–water partition coefficient (Wildman–Crippen LogP) is 3.32. The lowest BCUT2D eigenvalue weighted by Gasteiger charge is -2.10. The fourth-order valence-electron chi connectivity index (χ4n) is 1.35. The van der Waals surface area contributed by atoms with Crippen LogP contribution in [0.5, 0.6) is 0 Å². The van der Waals surface area contributed by atoms with Crippen LogP contribution in [0.1, 0.15) is 25.5 Å². The van der Waals surface area contributed by atoms with Gasteiger partial charge in [0, 0.05) is 12.4 Å². The number of hydrogen-bond donors (Lipinski definition) is 0. The predicted molar refractivity (Wildman–Crippen MR) is 74.9 cm³/mol. The largest absolute Gasteiger partial charge is 0.261 e. The first-order valence-electron chi connectivity index (χ1n) is 5.09. The Morgan fingerprint density at radius 1 is 1.24 bits per heavy atom. The molecule has 0 saturated heterocycles. The standard InChI is InChI=1S/C11H10ClIN4/c1-6(2)9-8(13)10(12)17-11(16-9)7-5-14-3-4-15-7/h3-6H,1-2H3. The van der Waals surface area contributed by atoms with Gasteiger partial charge in [0.05, 0.1) is 15.5 Å². The van der Waals surface area contributed by atoms with Crippen LogP contribution in [0.15, 0.2) is 18.6 Å². The normalized spacial score (nSPS) is 10.9. The van der Waals surface area contributed by atoms with Gasteiger partial charge in [0.15, 0.2) is 5.82 Å². The van der Waals surface area contributed by atoms with Crippen LogP contribution in [0, 0.1) is 3.57 Å². The van der Waals surface area contributed by atoms with Crippen molar-refractivity contribution in [2.75, 3.05) is 0 Å². The zero-order valence-corrected chi connectivity index (χ0v) is 12.3. The molecule has 0 atom stereocenters. The molecule has 0 aromatic carbocycles. The number of aromatic nitrogens is 4. The average Bonchev–Trinajstić information content (AvgIpc) is 2.33. The Hall–Kier alpha value is -0.820. The second-order valence-electron chi connectivity index (χ2n) is 3.78. The summed E-state index contributed by atoms with van der Waals surface area (Å²) in [6, 6.07) is 0. The Balaban J connectivity index is 2.57. The minimum absolute atomic E-state index is 0.290. The van der Waals surface area contributed by atoms with E-state index in [1.165, 1.54) is 0 Å². The Morgan fingerprint density at radius 3 is 2.59 bits per heavy atom. The zero-order valence-electron chi connectivity index (χ0n) is 9.35. The first kappa shape index (κ1) is 12.6.